The van der Waals surface area contributed by atoms with Crippen molar-refractivity contribution in [3.63, 3.8) is 0 Å². The maximum Gasteiger partial charge on any atom is 0.180 e. The summed E-state index contributed by atoms with van der Waals surface area (Å²) in [5.41, 5.74) is 0. The predicted molar refractivity (Wildman–Crippen MR) is 38.8 cm³/mol. The Balaban J connectivity index is 1.80. The third-order valence-electron chi connectivity index (χ3n) is 1.57. The number of hydrogen-bond acceptors (Lipinski definition) is 3. The molecule has 2 aliphatic heterocycles. The molecule has 0 aromatic carbocycles. The van der Waals surface area contributed by atoms with E-state index < -0.39 is 0 Å². The second kappa shape index (κ2) is 3.17. The van der Waals surface area contributed by atoms with E-state index in [2.05, 4.69) is 0 Å². The molecule has 11 heavy (non-hydrogen) atoms. The summed E-state index contributed by atoms with van der Waals surface area (Å²) in [6.45, 7) is 1.28. The lowest BCUT2D eigenvalue weighted by Gasteiger charge is -2.14. The minimum absolute atomic E-state index is 0.220. The smallest absolute Gasteiger partial charge is 0.180 e. The SMILES string of the molecule is C1=CC(OC2C=CCO2)OC1. The molecule has 2 rings (SSSR count). The van der Waals surface area contributed by atoms with Crippen LogP contribution in [-0.4, -0.2) is 25.8 Å². The van der Waals surface area contributed by atoms with Crippen molar-refractivity contribution in [1.82, 2.24) is 0 Å². The van der Waals surface area contributed by atoms with E-state index in [-0.39, 0.29) is 12.6 Å². The minimum atomic E-state index is -0.220. The summed E-state index contributed by atoms with van der Waals surface area (Å²) in [7, 11) is 0. The van der Waals surface area contributed by atoms with Gasteiger partial charge in [-0.1, -0.05) is 12.2 Å². The molecule has 0 saturated heterocycles. The van der Waals surface area contributed by atoms with Crippen LogP contribution >= 0.6 is 0 Å². The van der Waals surface area contributed by atoms with Crippen molar-refractivity contribution in [3.05, 3.63) is 24.3 Å². The minimum Gasteiger partial charge on any atom is -0.345 e. The number of rotatable bonds is 2. The largest absolute Gasteiger partial charge is 0.345 e. The second-order valence-corrected chi connectivity index (χ2v) is 2.40. The molecule has 3 heteroatoms. The van der Waals surface area contributed by atoms with E-state index in [4.69, 9.17) is 14.2 Å². The van der Waals surface area contributed by atoms with Gasteiger partial charge in [0.1, 0.15) is 0 Å². The highest BCUT2D eigenvalue weighted by Crippen LogP contribution is 2.12. The Morgan fingerprint density at radius 1 is 1.00 bits per heavy atom. The third-order valence-corrected chi connectivity index (χ3v) is 1.57. The van der Waals surface area contributed by atoms with Gasteiger partial charge in [0.05, 0.1) is 13.2 Å². The Bertz CT molecular complexity index is 166. The fourth-order valence-electron chi connectivity index (χ4n) is 1.05. The molecule has 0 aromatic rings. The third kappa shape index (κ3) is 1.68. The topological polar surface area (TPSA) is 27.7 Å². The first-order chi connectivity index (χ1) is 5.45. The summed E-state index contributed by atoms with van der Waals surface area (Å²) in [5, 5.41) is 0. The summed E-state index contributed by atoms with van der Waals surface area (Å²) in [5.74, 6) is 0. The summed E-state index contributed by atoms with van der Waals surface area (Å²) in [6.07, 6.45) is 7.20. The van der Waals surface area contributed by atoms with E-state index in [0.29, 0.717) is 13.2 Å². The van der Waals surface area contributed by atoms with Gasteiger partial charge in [-0.15, -0.1) is 0 Å². The molecule has 2 unspecified atom stereocenters. The lowest BCUT2D eigenvalue weighted by atomic mass is 10.5. The van der Waals surface area contributed by atoms with E-state index in [1.54, 1.807) is 0 Å². The van der Waals surface area contributed by atoms with Crippen molar-refractivity contribution >= 4 is 0 Å². The van der Waals surface area contributed by atoms with Crippen LogP contribution in [0.2, 0.25) is 0 Å². The van der Waals surface area contributed by atoms with E-state index >= 15 is 0 Å². The molecule has 0 bridgehead atoms. The Labute approximate surface area is 65.2 Å². The average molecular weight is 154 g/mol. The molecule has 0 aliphatic carbocycles. The van der Waals surface area contributed by atoms with Crippen LogP contribution in [0.3, 0.4) is 0 Å². The Hall–Kier alpha value is -0.640. The normalized spacial score (nSPS) is 35.3. The lowest BCUT2D eigenvalue weighted by molar-refractivity contribution is -0.188. The van der Waals surface area contributed by atoms with Crippen molar-refractivity contribution in [2.75, 3.05) is 13.2 Å². The molecule has 60 valence electrons. The van der Waals surface area contributed by atoms with Crippen LogP contribution in [0.5, 0.6) is 0 Å². The predicted octanol–water partition coefficient (Wildman–Crippen LogP) is 0.828. The molecule has 2 atom stereocenters. The molecule has 2 heterocycles. The van der Waals surface area contributed by atoms with E-state index in [1.807, 2.05) is 24.3 Å². The van der Waals surface area contributed by atoms with Crippen LogP contribution in [0.15, 0.2) is 24.3 Å². The first kappa shape index (κ1) is 7.03. The summed E-state index contributed by atoms with van der Waals surface area (Å²) in [4.78, 5) is 0. The van der Waals surface area contributed by atoms with Crippen LogP contribution in [-0.2, 0) is 14.2 Å². The molecule has 0 saturated carbocycles. The highest BCUT2D eigenvalue weighted by Gasteiger charge is 2.17. The first-order valence-corrected chi connectivity index (χ1v) is 3.67. The summed E-state index contributed by atoms with van der Waals surface area (Å²) < 4.78 is 15.7. The highest BCUT2D eigenvalue weighted by atomic mass is 16.8. The second-order valence-electron chi connectivity index (χ2n) is 2.40. The first-order valence-electron chi connectivity index (χ1n) is 3.67. The van der Waals surface area contributed by atoms with Crippen molar-refractivity contribution < 1.29 is 14.2 Å². The van der Waals surface area contributed by atoms with E-state index in [9.17, 15) is 0 Å². The van der Waals surface area contributed by atoms with Gasteiger partial charge in [-0.25, -0.2) is 0 Å². The standard InChI is InChI=1S/C8H10O3/c1-3-7(9-5-1)11-8-4-2-6-10-8/h1-4,7-8H,5-6H2. The Morgan fingerprint density at radius 3 is 1.91 bits per heavy atom. The van der Waals surface area contributed by atoms with Gasteiger partial charge in [0.2, 0.25) is 0 Å². The van der Waals surface area contributed by atoms with Gasteiger partial charge in [-0.3, -0.25) is 0 Å². The molecular weight excluding hydrogens is 144 g/mol. The van der Waals surface area contributed by atoms with Crippen LogP contribution < -0.4 is 0 Å². The maximum absolute atomic E-state index is 5.35. The zero-order chi connectivity index (χ0) is 7.52. The van der Waals surface area contributed by atoms with Gasteiger partial charge in [0.25, 0.3) is 0 Å². The zero-order valence-corrected chi connectivity index (χ0v) is 6.10. The van der Waals surface area contributed by atoms with E-state index in [1.165, 1.54) is 0 Å². The summed E-state index contributed by atoms with van der Waals surface area (Å²) in [6, 6.07) is 0. The zero-order valence-electron chi connectivity index (χ0n) is 6.10. The molecule has 0 amide bonds. The van der Waals surface area contributed by atoms with Gasteiger partial charge >= 0.3 is 0 Å². The van der Waals surface area contributed by atoms with Crippen LogP contribution in [0.25, 0.3) is 0 Å². The molecule has 0 N–H and O–H groups in total. The molecule has 0 fully saturated rings. The molecule has 0 spiro atoms. The van der Waals surface area contributed by atoms with Crippen molar-refractivity contribution in [2.45, 2.75) is 12.6 Å². The monoisotopic (exact) mass is 154 g/mol. The molecule has 0 aromatic heterocycles. The molecule has 2 aliphatic rings. The molecule has 0 radical (unpaired) electrons. The van der Waals surface area contributed by atoms with Crippen molar-refractivity contribution in [3.8, 4) is 0 Å². The van der Waals surface area contributed by atoms with Gasteiger partial charge in [0.15, 0.2) is 12.6 Å². The van der Waals surface area contributed by atoms with Crippen LogP contribution in [0, 0.1) is 0 Å². The summed E-state index contributed by atoms with van der Waals surface area (Å²) >= 11 is 0. The average Bonchev–Trinajstić information content (AvgIpc) is 2.60. The van der Waals surface area contributed by atoms with Gasteiger partial charge < -0.3 is 14.2 Å². The quantitative estimate of drug-likeness (QED) is 0.551. The lowest BCUT2D eigenvalue weighted by Crippen LogP contribution is -2.19. The van der Waals surface area contributed by atoms with Crippen molar-refractivity contribution in [1.29, 1.82) is 0 Å². The molecule has 3 nitrogen and oxygen atoms in total. The van der Waals surface area contributed by atoms with Crippen LogP contribution in [0.1, 0.15) is 0 Å². The number of hydrogen-bond donors (Lipinski definition) is 0. The van der Waals surface area contributed by atoms with Gasteiger partial charge in [-0.2, -0.15) is 0 Å². The van der Waals surface area contributed by atoms with Gasteiger partial charge in [-0.05, 0) is 12.2 Å². The Morgan fingerprint density at radius 2 is 1.55 bits per heavy atom. The Kier molecular flexibility index (Phi) is 2.03. The number of ether oxygens (including phenoxy) is 3. The van der Waals surface area contributed by atoms with Gasteiger partial charge in [0, 0.05) is 0 Å². The van der Waals surface area contributed by atoms with Crippen LogP contribution in [0.4, 0.5) is 0 Å². The van der Waals surface area contributed by atoms with Crippen molar-refractivity contribution in [2.24, 2.45) is 0 Å². The maximum atomic E-state index is 5.35. The molecular formula is C8H10O3. The fraction of sp³-hybridized carbons (Fsp3) is 0.500. The fourth-order valence-corrected chi connectivity index (χ4v) is 1.05. The van der Waals surface area contributed by atoms with E-state index in [0.717, 1.165) is 0 Å². The highest BCUT2D eigenvalue weighted by molar-refractivity contribution is 4.95.